The lowest BCUT2D eigenvalue weighted by Gasteiger charge is -2.31. The third-order valence-electron chi connectivity index (χ3n) is 4.54. The number of amides is 3. The van der Waals surface area contributed by atoms with E-state index >= 15 is 0 Å². The first-order chi connectivity index (χ1) is 12.9. The molecule has 3 aliphatic rings. The van der Waals surface area contributed by atoms with E-state index in [-0.39, 0.29) is 24.6 Å². The van der Waals surface area contributed by atoms with Crippen molar-refractivity contribution < 1.29 is 18.8 Å². The number of carbonyl (C=O) groups excluding carboxylic acids is 3. The van der Waals surface area contributed by atoms with Crippen molar-refractivity contribution in [3.63, 3.8) is 0 Å². The molecule has 9 heteroatoms. The summed E-state index contributed by atoms with van der Waals surface area (Å²) < 4.78 is 14.8. The number of allylic oxidation sites excluding steroid dienone is 1. The molecular formula is C18H14BrFN4O3. The van der Waals surface area contributed by atoms with Crippen LogP contribution in [0.15, 0.2) is 51.1 Å². The van der Waals surface area contributed by atoms with Crippen molar-refractivity contribution in [2.45, 2.75) is 19.0 Å². The van der Waals surface area contributed by atoms with Crippen molar-refractivity contribution in [3.8, 4) is 0 Å². The second-order valence-corrected chi connectivity index (χ2v) is 7.34. The minimum absolute atomic E-state index is 0.0985. The fourth-order valence-corrected chi connectivity index (χ4v) is 3.60. The van der Waals surface area contributed by atoms with Gasteiger partial charge in [-0.05, 0) is 29.4 Å². The number of nitrogens with one attached hydrogen (secondary N) is 2. The second-order valence-electron chi connectivity index (χ2n) is 6.42. The Morgan fingerprint density at radius 1 is 1.26 bits per heavy atom. The van der Waals surface area contributed by atoms with Crippen LogP contribution >= 0.6 is 15.9 Å². The predicted octanol–water partition coefficient (Wildman–Crippen LogP) is 1.79. The van der Waals surface area contributed by atoms with Gasteiger partial charge in [-0.2, -0.15) is 5.10 Å². The summed E-state index contributed by atoms with van der Waals surface area (Å²) in [5.74, 6) is -0.995. The Morgan fingerprint density at radius 3 is 2.78 bits per heavy atom. The number of rotatable bonds is 3. The molecule has 1 aliphatic carbocycles. The highest BCUT2D eigenvalue weighted by molar-refractivity contribution is 9.10. The van der Waals surface area contributed by atoms with E-state index in [2.05, 4.69) is 31.7 Å². The van der Waals surface area contributed by atoms with Gasteiger partial charge in [0.2, 0.25) is 0 Å². The minimum atomic E-state index is -0.973. The van der Waals surface area contributed by atoms with E-state index in [9.17, 15) is 18.8 Å². The summed E-state index contributed by atoms with van der Waals surface area (Å²) in [5, 5.41) is 10.8. The molecule has 27 heavy (non-hydrogen) atoms. The second kappa shape index (κ2) is 6.73. The van der Waals surface area contributed by atoms with E-state index in [0.717, 1.165) is 5.57 Å². The third-order valence-corrected chi connectivity index (χ3v) is 5.03. The van der Waals surface area contributed by atoms with E-state index in [1.807, 2.05) is 0 Å². The van der Waals surface area contributed by atoms with Crippen molar-refractivity contribution >= 4 is 39.4 Å². The normalized spacial score (nSPS) is 21.9. The molecule has 0 saturated carbocycles. The molecule has 0 radical (unpaired) electrons. The highest BCUT2D eigenvalue weighted by atomic mass is 79.9. The van der Waals surface area contributed by atoms with Crippen molar-refractivity contribution in [1.29, 1.82) is 0 Å². The Kier molecular flexibility index (Phi) is 4.39. The summed E-state index contributed by atoms with van der Waals surface area (Å²) in [5.41, 5.74) is 2.22. The molecule has 2 aliphatic heterocycles. The van der Waals surface area contributed by atoms with Crippen LogP contribution in [0.3, 0.4) is 0 Å². The Bertz CT molecular complexity index is 969. The SMILES string of the molecule is O=C1C=CC2=C(C1)C(C1NC(=O)NC1=O)=NN(Cc1ccc(Br)cc1F)C2. The number of benzene rings is 1. The van der Waals surface area contributed by atoms with E-state index in [0.29, 0.717) is 27.9 Å². The molecule has 1 atom stereocenters. The Morgan fingerprint density at radius 2 is 2.07 bits per heavy atom. The number of carbonyl (C=O) groups is 3. The lowest BCUT2D eigenvalue weighted by atomic mass is 9.88. The van der Waals surface area contributed by atoms with Gasteiger partial charge in [0.25, 0.3) is 5.91 Å². The molecule has 3 amide bonds. The van der Waals surface area contributed by atoms with Gasteiger partial charge >= 0.3 is 6.03 Å². The number of imide groups is 1. The zero-order chi connectivity index (χ0) is 19.1. The van der Waals surface area contributed by atoms with Crippen LogP contribution in [0.4, 0.5) is 9.18 Å². The van der Waals surface area contributed by atoms with Gasteiger partial charge < -0.3 is 5.32 Å². The molecular weight excluding hydrogens is 419 g/mol. The smallest absolute Gasteiger partial charge is 0.320 e. The Hall–Kier alpha value is -2.81. The maximum absolute atomic E-state index is 14.2. The molecule has 0 spiro atoms. The van der Waals surface area contributed by atoms with Gasteiger partial charge in [0.05, 0.1) is 18.8 Å². The predicted molar refractivity (Wildman–Crippen MR) is 98.2 cm³/mol. The topological polar surface area (TPSA) is 90.9 Å². The first-order valence-electron chi connectivity index (χ1n) is 8.23. The fourth-order valence-electron chi connectivity index (χ4n) is 3.27. The zero-order valence-electron chi connectivity index (χ0n) is 14.0. The number of nitrogens with zero attached hydrogens (tertiary/aromatic N) is 2. The maximum atomic E-state index is 14.2. The molecule has 4 rings (SSSR count). The summed E-state index contributed by atoms with van der Waals surface area (Å²) in [6.07, 6.45) is 3.29. The molecule has 1 unspecified atom stereocenters. The molecule has 7 nitrogen and oxygen atoms in total. The average molecular weight is 433 g/mol. The molecule has 2 heterocycles. The lowest BCUT2D eigenvalue weighted by Crippen LogP contribution is -2.43. The highest BCUT2D eigenvalue weighted by Crippen LogP contribution is 2.27. The largest absolute Gasteiger partial charge is 0.322 e. The number of hydrogen-bond acceptors (Lipinski definition) is 5. The van der Waals surface area contributed by atoms with Gasteiger partial charge in [0, 0.05) is 16.5 Å². The summed E-state index contributed by atoms with van der Waals surface area (Å²) in [6, 6.07) is 3.19. The van der Waals surface area contributed by atoms with Crippen molar-refractivity contribution in [1.82, 2.24) is 15.6 Å². The highest BCUT2D eigenvalue weighted by Gasteiger charge is 2.39. The molecule has 1 aromatic rings. The number of ketones is 1. The van der Waals surface area contributed by atoms with E-state index < -0.39 is 18.0 Å². The van der Waals surface area contributed by atoms with Crippen molar-refractivity contribution in [2.75, 3.05) is 6.54 Å². The molecule has 1 fully saturated rings. The summed E-state index contributed by atoms with van der Waals surface area (Å²) in [7, 11) is 0. The molecule has 1 saturated heterocycles. The fraction of sp³-hybridized carbons (Fsp3) is 0.222. The molecule has 0 bridgehead atoms. The summed E-state index contributed by atoms with van der Waals surface area (Å²) in [4.78, 5) is 35.5. The number of hydrogen-bond donors (Lipinski definition) is 2. The van der Waals surface area contributed by atoms with Gasteiger partial charge in [-0.3, -0.25) is 19.9 Å². The monoisotopic (exact) mass is 432 g/mol. The Balaban J connectivity index is 1.68. The number of hydrazone groups is 1. The maximum Gasteiger partial charge on any atom is 0.322 e. The lowest BCUT2D eigenvalue weighted by molar-refractivity contribution is -0.119. The van der Waals surface area contributed by atoms with Crippen molar-refractivity contribution in [2.24, 2.45) is 5.10 Å². The Labute approximate surface area is 162 Å². The van der Waals surface area contributed by atoms with Crippen LogP contribution in [-0.4, -0.2) is 41.0 Å². The third kappa shape index (κ3) is 3.42. The van der Waals surface area contributed by atoms with E-state index in [1.54, 1.807) is 23.2 Å². The van der Waals surface area contributed by atoms with Gasteiger partial charge in [0.1, 0.15) is 5.82 Å². The van der Waals surface area contributed by atoms with Gasteiger partial charge in [-0.15, -0.1) is 0 Å². The van der Waals surface area contributed by atoms with Gasteiger partial charge in [0.15, 0.2) is 11.8 Å². The van der Waals surface area contributed by atoms with Crippen LogP contribution in [0.2, 0.25) is 0 Å². The summed E-state index contributed by atoms with van der Waals surface area (Å²) in [6.45, 7) is 0.559. The van der Waals surface area contributed by atoms with Gasteiger partial charge in [-0.25, -0.2) is 9.18 Å². The minimum Gasteiger partial charge on any atom is -0.320 e. The van der Waals surface area contributed by atoms with Crippen molar-refractivity contribution in [3.05, 3.63) is 57.4 Å². The number of urea groups is 1. The standard InChI is InChI=1S/C18H14BrFN4O3/c19-11-3-1-10(14(20)5-11)8-24-7-9-2-4-12(25)6-13(9)15(23-24)16-17(26)22-18(27)21-16/h1-5,16H,6-8H2,(H2,21,22,26,27). The first kappa shape index (κ1) is 17.6. The van der Waals surface area contributed by atoms with Gasteiger partial charge in [-0.1, -0.05) is 28.1 Å². The molecule has 1 aromatic carbocycles. The van der Waals surface area contributed by atoms with Crippen LogP contribution in [0.25, 0.3) is 0 Å². The van der Waals surface area contributed by atoms with E-state index in [4.69, 9.17) is 0 Å². The molecule has 0 aromatic heterocycles. The quantitative estimate of drug-likeness (QED) is 0.712. The van der Waals surface area contributed by atoms with Crippen LogP contribution in [0.5, 0.6) is 0 Å². The summed E-state index contributed by atoms with van der Waals surface area (Å²) >= 11 is 3.22. The molecule has 2 N–H and O–H groups in total. The average Bonchev–Trinajstić information content (AvgIpc) is 2.95. The van der Waals surface area contributed by atoms with Crippen LogP contribution < -0.4 is 10.6 Å². The van der Waals surface area contributed by atoms with E-state index in [1.165, 1.54) is 12.1 Å². The van der Waals surface area contributed by atoms with Crippen LogP contribution in [0, 0.1) is 5.82 Å². The zero-order valence-corrected chi connectivity index (χ0v) is 15.5. The molecule has 138 valence electrons. The van der Waals surface area contributed by atoms with Crippen LogP contribution in [-0.2, 0) is 16.1 Å². The van der Waals surface area contributed by atoms with Crippen LogP contribution in [0.1, 0.15) is 12.0 Å². The number of halogens is 2. The first-order valence-corrected chi connectivity index (χ1v) is 9.02.